The molecule has 0 spiro atoms. The van der Waals surface area contributed by atoms with Gasteiger partial charge in [0.1, 0.15) is 0 Å². The van der Waals surface area contributed by atoms with Gasteiger partial charge in [0.2, 0.25) is 5.91 Å². The normalized spacial score (nSPS) is 24.1. The van der Waals surface area contributed by atoms with E-state index in [1.807, 2.05) is 6.92 Å². The largest absolute Gasteiger partial charge is 0.371 e. The summed E-state index contributed by atoms with van der Waals surface area (Å²) in [5.74, 6) is 0.0507. The maximum atomic E-state index is 11.1. The first-order valence-electron chi connectivity index (χ1n) is 5.69. The molecule has 0 aromatic carbocycles. The molecule has 0 aromatic rings. The molecule has 0 aliphatic carbocycles. The van der Waals surface area contributed by atoms with E-state index >= 15 is 0 Å². The Morgan fingerprint density at radius 1 is 1.53 bits per heavy atom. The molecule has 1 saturated heterocycles. The molecule has 1 aliphatic rings. The Kier molecular flexibility index (Phi) is 4.54. The fourth-order valence-electron chi connectivity index (χ4n) is 1.83. The molecular formula is C11H22N2O2. The van der Waals surface area contributed by atoms with Crippen molar-refractivity contribution in [1.82, 2.24) is 10.6 Å². The molecule has 1 fully saturated rings. The van der Waals surface area contributed by atoms with E-state index < -0.39 is 0 Å². The smallest absolute Gasteiger partial charge is 0.233 e. The molecule has 4 heteroatoms. The van der Waals surface area contributed by atoms with Crippen molar-refractivity contribution in [2.45, 2.75) is 45.3 Å². The number of nitrogens with one attached hydrogen (secondary N) is 2. The highest BCUT2D eigenvalue weighted by Gasteiger charge is 2.31. The number of amides is 1. The second-order valence-electron chi connectivity index (χ2n) is 4.62. The Labute approximate surface area is 91.8 Å². The predicted molar refractivity (Wildman–Crippen MR) is 59.7 cm³/mol. The maximum absolute atomic E-state index is 11.1. The van der Waals surface area contributed by atoms with Crippen LogP contribution in [0.15, 0.2) is 0 Å². The van der Waals surface area contributed by atoms with Crippen LogP contribution in [0.2, 0.25) is 0 Å². The topological polar surface area (TPSA) is 50.4 Å². The third kappa shape index (κ3) is 4.62. The van der Waals surface area contributed by atoms with Gasteiger partial charge >= 0.3 is 0 Å². The Hall–Kier alpha value is -0.610. The van der Waals surface area contributed by atoms with Crippen molar-refractivity contribution in [2.75, 3.05) is 19.6 Å². The van der Waals surface area contributed by atoms with Crippen LogP contribution >= 0.6 is 0 Å². The van der Waals surface area contributed by atoms with Crippen molar-refractivity contribution in [1.29, 1.82) is 0 Å². The van der Waals surface area contributed by atoms with Gasteiger partial charge in [0, 0.05) is 13.1 Å². The lowest BCUT2D eigenvalue weighted by Crippen LogP contribution is -2.37. The van der Waals surface area contributed by atoms with Gasteiger partial charge in [-0.15, -0.1) is 0 Å². The Balaban J connectivity index is 2.09. The lowest BCUT2D eigenvalue weighted by Gasteiger charge is -2.19. The minimum Gasteiger partial charge on any atom is -0.371 e. The van der Waals surface area contributed by atoms with Crippen molar-refractivity contribution >= 4 is 5.91 Å². The van der Waals surface area contributed by atoms with Gasteiger partial charge in [-0.1, -0.05) is 0 Å². The summed E-state index contributed by atoms with van der Waals surface area (Å²) in [6, 6.07) is 0. The third-order valence-corrected chi connectivity index (χ3v) is 2.59. The lowest BCUT2D eigenvalue weighted by molar-refractivity contribution is -0.120. The lowest BCUT2D eigenvalue weighted by atomic mass is 10.1. The van der Waals surface area contributed by atoms with Gasteiger partial charge in [0.25, 0.3) is 0 Å². The van der Waals surface area contributed by atoms with E-state index in [-0.39, 0.29) is 17.6 Å². The Bertz CT molecular complexity index is 217. The van der Waals surface area contributed by atoms with Crippen molar-refractivity contribution < 1.29 is 9.53 Å². The molecule has 1 unspecified atom stereocenters. The molecule has 0 bridgehead atoms. The summed E-state index contributed by atoms with van der Waals surface area (Å²) in [6.07, 6.45) is 2.44. The van der Waals surface area contributed by atoms with Gasteiger partial charge in [0.15, 0.2) is 0 Å². The van der Waals surface area contributed by atoms with E-state index in [9.17, 15) is 4.79 Å². The third-order valence-electron chi connectivity index (χ3n) is 2.59. The average molecular weight is 214 g/mol. The Morgan fingerprint density at radius 3 is 2.80 bits per heavy atom. The van der Waals surface area contributed by atoms with Crippen LogP contribution in [-0.2, 0) is 9.53 Å². The van der Waals surface area contributed by atoms with Crippen molar-refractivity contribution in [3.8, 4) is 0 Å². The van der Waals surface area contributed by atoms with Crippen molar-refractivity contribution in [3.63, 3.8) is 0 Å². The first kappa shape index (κ1) is 12.5. The van der Waals surface area contributed by atoms with E-state index in [2.05, 4.69) is 24.5 Å². The van der Waals surface area contributed by atoms with Crippen LogP contribution in [0.4, 0.5) is 0 Å². The predicted octanol–water partition coefficient (Wildman–Crippen LogP) is 0.670. The molecule has 0 radical (unpaired) electrons. The van der Waals surface area contributed by atoms with Crippen LogP contribution in [0, 0.1) is 0 Å². The molecule has 1 aliphatic heterocycles. The second-order valence-corrected chi connectivity index (χ2v) is 4.62. The standard InChI is InChI=1S/C11H22N2O2/c1-4-13-10(14)8-12-7-9-5-6-11(2,3)15-9/h9,12H,4-8H2,1-3H3,(H,13,14). The highest BCUT2D eigenvalue weighted by molar-refractivity contribution is 5.77. The highest BCUT2D eigenvalue weighted by atomic mass is 16.5. The van der Waals surface area contributed by atoms with Gasteiger partial charge in [-0.25, -0.2) is 0 Å². The summed E-state index contributed by atoms with van der Waals surface area (Å²) >= 11 is 0. The van der Waals surface area contributed by atoms with Crippen molar-refractivity contribution in [3.05, 3.63) is 0 Å². The number of hydrogen-bond donors (Lipinski definition) is 2. The summed E-state index contributed by atoms with van der Waals surface area (Å²) < 4.78 is 5.80. The fourth-order valence-corrected chi connectivity index (χ4v) is 1.83. The fraction of sp³-hybridized carbons (Fsp3) is 0.909. The van der Waals surface area contributed by atoms with Gasteiger partial charge in [0.05, 0.1) is 18.2 Å². The summed E-state index contributed by atoms with van der Waals surface area (Å²) in [4.78, 5) is 11.1. The number of carbonyl (C=O) groups excluding carboxylic acids is 1. The van der Waals surface area contributed by atoms with E-state index in [1.54, 1.807) is 0 Å². The van der Waals surface area contributed by atoms with Crippen LogP contribution in [0.25, 0.3) is 0 Å². The molecule has 1 rings (SSSR count). The summed E-state index contributed by atoms with van der Waals surface area (Å²) in [6.45, 7) is 7.97. The van der Waals surface area contributed by atoms with E-state index in [0.29, 0.717) is 13.1 Å². The molecule has 4 nitrogen and oxygen atoms in total. The first-order valence-corrected chi connectivity index (χ1v) is 5.69. The van der Waals surface area contributed by atoms with Gasteiger partial charge in [-0.05, 0) is 33.6 Å². The van der Waals surface area contributed by atoms with Crippen LogP contribution < -0.4 is 10.6 Å². The number of carbonyl (C=O) groups is 1. The number of ether oxygens (including phenoxy) is 1. The minimum absolute atomic E-state index is 0.0119. The molecule has 1 heterocycles. The minimum atomic E-state index is 0.0119. The zero-order chi connectivity index (χ0) is 11.3. The van der Waals surface area contributed by atoms with Crippen LogP contribution in [0.1, 0.15) is 33.6 Å². The quantitative estimate of drug-likeness (QED) is 0.707. The maximum Gasteiger partial charge on any atom is 0.233 e. The second kappa shape index (κ2) is 5.47. The zero-order valence-electron chi connectivity index (χ0n) is 9.93. The van der Waals surface area contributed by atoms with Crippen molar-refractivity contribution in [2.24, 2.45) is 0 Å². The molecule has 15 heavy (non-hydrogen) atoms. The van der Waals surface area contributed by atoms with Gasteiger partial charge < -0.3 is 15.4 Å². The van der Waals surface area contributed by atoms with E-state index in [1.165, 1.54) is 0 Å². The molecule has 0 saturated carbocycles. The van der Waals surface area contributed by atoms with Crippen LogP contribution in [-0.4, -0.2) is 37.2 Å². The van der Waals surface area contributed by atoms with Crippen LogP contribution in [0.3, 0.4) is 0 Å². The molecule has 1 atom stereocenters. The SMILES string of the molecule is CCNC(=O)CNCC1CCC(C)(C)O1. The molecule has 0 aromatic heterocycles. The molecule has 1 amide bonds. The number of hydrogen-bond acceptors (Lipinski definition) is 3. The van der Waals surface area contributed by atoms with Crippen LogP contribution in [0.5, 0.6) is 0 Å². The molecular weight excluding hydrogens is 192 g/mol. The zero-order valence-corrected chi connectivity index (χ0v) is 9.93. The summed E-state index contributed by atoms with van der Waals surface area (Å²) in [5.41, 5.74) is 0.0119. The number of likely N-dealkylation sites (N-methyl/N-ethyl adjacent to an activating group) is 1. The first-order chi connectivity index (χ1) is 7.03. The van der Waals surface area contributed by atoms with E-state index in [0.717, 1.165) is 19.4 Å². The molecule has 2 N–H and O–H groups in total. The Morgan fingerprint density at radius 2 is 2.27 bits per heavy atom. The summed E-state index contributed by atoms with van der Waals surface area (Å²) in [7, 11) is 0. The molecule has 88 valence electrons. The monoisotopic (exact) mass is 214 g/mol. The van der Waals surface area contributed by atoms with Gasteiger partial charge in [-0.3, -0.25) is 4.79 Å². The summed E-state index contributed by atoms with van der Waals surface area (Å²) in [5, 5.41) is 5.86. The average Bonchev–Trinajstić information content (AvgIpc) is 2.46. The number of rotatable bonds is 5. The van der Waals surface area contributed by atoms with Gasteiger partial charge in [-0.2, -0.15) is 0 Å². The highest BCUT2D eigenvalue weighted by Crippen LogP contribution is 2.28. The van der Waals surface area contributed by atoms with E-state index in [4.69, 9.17) is 4.74 Å².